The SMILES string of the molecule is Cc1ccc(S(=O)(=O)N(C)C)cc1NC(=O)[C@@H](C)OC(=O)C1c2ccccc2Oc2ccccc21. The Hall–Kier alpha value is -3.69. The van der Waals surface area contributed by atoms with Gasteiger partial charge in [0, 0.05) is 30.9 Å². The van der Waals surface area contributed by atoms with Crippen molar-refractivity contribution in [3.8, 4) is 11.5 Å². The number of esters is 1. The Labute approximate surface area is 204 Å². The van der Waals surface area contributed by atoms with Gasteiger partial charge in [0.15, 0.2) is 6.10 Å². The highest BCUT2D eigenvalue weighted by Gasteiger charge is 2.35. The molecule has 0 saturated heterocycles. The van der Waals surface area contributed by atoms with E-state index in [0.29, 0.717) is 33.9 Å². The van der Waals surface area contributed by atoms with Crippen molar-refractivity contribution >= 4 is 27.6 Å². The second-order valence-electron chi connectivity index (χ2n) is 8.44. The zero-order valence-electron chi connectivity index (χ0n) is 19.8. The summed E-state index contributed by atoms with van der Waals surface area (Å²) in [5.41, 5.74) is 2.30. The molecule has 3 aromatic carbocycles. The highest BCUT2D eigenvalue weighted by atomic mass is 32.2. The van der Waals surface area contributed by atoms with Gasteiger partial charge in [0.1, 0.15) is 17.4 Å². The minimum absolute atomic E-state index is 0.0449. The van der Waals surface area contributed by atoms with E-state index in [1.165, 1.54) is 33.2 Å². The fraction of sp³-hybridized carbons (Fsp3) is 0.231. The molecule has 8 nitrogen and oxygen atoms in total. The normalized spacial score (nSPS) is 13.9. The third-order valence-electron chi connectivity index (χ3n) is 5.82. The first-order valence-corrected chi connectivity index (χ1v) is 12.4. The first-order chi connectivity index (χ1) is 16.6. The van der Waals surface area contributed by atoms with Crippen LogP contribution >= 0.6 is 0 Å². The van der Waals surface area contributed by atoms with Crippen molar-refractivity contribution in [2.45, 2.75) is 30.8 Å². The van der Waals surface area contributed by atoms with Crippen molar-refractivity contribution in [2.24, 2.45) is 0 Å². The van der Waals surface area contributed by atoms with Gasteiger partial charge < -0.3 is 14.8 Å². The Morgan fingerprint density at radius 1 is 0.971 bits per heavy atom. The van der Waals surface area contributed by atoms with Crippen molar-refractivity contribution in [3.05, 3.63) is 83.4 Å². The summed E-state index contributed by atoms with van der Waals surface area (Å²) in [4.78, 5) is 26.2. The van der Waals surface area contributed by atoms with Crippen LogP contribution < -0.4 is 10.1 Å². The Morgan fingerprint density at radius 2 is 1.54 bits per heavy atom. The summed E-state index contributed by atoms with van der Waals surface area (Å²) >= 11 is 0. The second kappa shape index (κ2) is 9.52. The third-order valence-corrected chi connectivity index (χ3v) is 7.63. The number of aryl methyl sites for hydroxylation is 1. The summed E-state index contributed by atoms with van der Waals surface area (Å²) in [5, 5.41) is 2.68. The van der Waals surface area contributed by atoms with Gasteiger partial charge >= 0.3 is 5.97 Å². The molecule has 0 fully saturated rings. The molecule has 0 bridgehead atoms. The first-order valence-electron chi connectivity index (χ1n) is 11.0. The van der Waals surface area contributed by atoms with Crippen molar-refractivity contribution in [1.82, 2.24) is 4.31 Å². The summed E-state index contributed by atoms with van der Waals surface area (Å²) in [7, 11) is -0.813. The molecule has 0 aromatic heterocycles. The van der Waals surface area contributed by atoms with Crippen molar-refractivity contribution in [2.75, 3.05) is 19.4 Å². The molecule has 1 N–H and O–H groups in total. The number of amides is 1. The van der Waals surface area contributed by atoms with Gasteiger partial charge in [0.2, 0.25) is 10.0 Å². The molecular formula is C26H26N2O6S. The lowest BCUT2D eigenvalue weighted by atomic mass is 9.88. The number of fused-ring (bicyclic) bond motifs is 2. The van der Waals surface area contributed by atoms with Gasteiger partial charge in [-0.25, -0.2) is 12.7 Å². The number of hydrogen-bond acceptors (Lipinski definition) is 6. The van der Waals surface area contributed by atoms with Gasteiger partial charge in [-0.05, 0) is 43.7 Å². The zero-order chi connectivity index (χ0) is 25.3. The summed E-state index contributed by atoms with van der Waals surface area (Å²) in [6.07, 6.45) is -1.13. The van der Waals surface area contributed by atoms with Gasteiger partial charge in [-0.3, -0.25) is 9.59 Å². The fourth-order valence-corrected chi connectivity index (χ4v) is 4.73. The molecule has 0 aliphatic carbocycles. The number of para-hydroxylation sites is 2. The minimum atomic E-state index is -3.68. The molecule has 1 atom stereocenters. The molecule has 182 valence electrons. The lowest BCUT2D eigenvalue weighted by Gasteiger charge is -2.27. The zero-order valence-corrected chi connectivity index (χ0v) is 20.6. The van der Waals surface area contributed by atoms with E-state index >= 15 is 0 Å². The highest BCUT2D eigenvalue weighted by molar-refractivity contribution is 7.89. The second-order valence-corrected chi connectivity index (χ2v) is 10.6. The smallest absolute Gasteiger partial charge is 0.318 e. The Kier molecular flexibility index (Phi) is 6.64. The van der Waals surface area contributed by atoms with Crippen LogP contribution in [0.25, 0.3) is 0 Å². The number of ether oxygens (including phenoxy) is 2. The quantitative estimate of drug-likeness (QED) is 0.519. The molecule has 1 heterocycles. The monoisotopic (exact) mass is 494 g/mol. The van der Waals surface area contributed by atoms with E-state index < -0.39 is 33.9 Å². The van der Waals surface area contributed by atoms with Crippen LogP contribution in [-0.2, 0) is 24.3 Å². The molecule has 0 spiro atoms. The topological polar surface area (TPSA) is 102 Å². The first kappa shape index (κ1) is 24.4. The Balaban J connectivity index is 1.54. The van der Waals surface area contributed by atoms with Gasteiger partial charge in [-0.1, -0.05) is 42.5 Å². The molecular weight excluding hydrogens is 468 g/mol. The van der Waals surface area contributed by atoms with Crippen molar-refractivity contribution in [3.63, 3.8) is 0 Å². The third kappa shape index (κ3) is 4.78. The van der Waals surface area contributed by atoms with Crippen LogP contribution in [0.4, 0.5) is 5.69 Å². The van der Waals surface area contributed by atoms with Gasteiger partial charge in [-0.15, -0.1) is 0 Å². The minimum Gasteiger partial charge on any atom is -0.457 e. The van der Waals surface area contributed by atoms with Crippen molar-refractivity contribution in [1.29, 1.82) is 0 Å². The van der Waals surface area contributed by atoms with Crippen LogP contribution in [0.2, 0.25) is 0 Å². The Bertz CT molecular complexity index is 1350. The summed E-state index contributed by atoms with van der Waals surface area (Å²) in [5.74, 6) is -0.799. The molecule has 0 saturated carbocycles. The predicted molar refractivity (Wildman–Crippen MR) is 131 cm³/mol. The number of rotatable bonds is 6. The van der Waals surface area contributed by atoms with Crippen LogP contribution in [0.1, 0.15) is 29.5 Å². The van der Waals surface area contributed by atoms with Gasteiger partial charge in [0.05, 0.1) is 4.90 Å². The largest absolute Gasteiger partial charge is 0.457 e. The summed E-state index contributed by atoms with van der Waals surface area (Å²) in [6, 6.07) is 18.9. The number of carbonyl (C=O) groups excluding carboxylic acids is 2. The number of nitrogens with zero attached hydrogens (tertiary/aromatic N) is 1. The van der Waals surface area contributed by atoms with E-state index in [0.717, 1.165) is 4.31 Å². The van der Waals surface area contributed by atoms with Crippen LogP contribution in [0.5, 0.6) is 11.5 Å². The van der Waals surface area contributed by atoms with Crippen LogP contribution in [0, 0.1) is 6.92 Å². The van der Waals surface area contributed by atoms with Crippen LogP contribution in [0.3, 0.4) is 0 Å². The fourth-order valence-electron chi connectivity index (χ4n) is 3.80. The molecule has 0 unspecified atom stereocenters. The molecule has 1 aliphatic heterocycles. The van der Waals surface area contributed by atoms with Gasteiger partial charge in [0.25, 0.3) is 5.91 Å². The Morgan fingerprint density at radius 3 is 2.11 bits per heavy atom. The van der Waals surface area contributed by atoms with Crippen LogP contribution in [-0.4, -0.2) is 44.8 Å². The van der Waals surface area contributed by atoms with Gasteiger partial charge in [-0.2, -0.15) is 0 Å². The molecule has 0 radical (unpaired) electrons. The number of nitrogens with one attached hydrogen (secondary N) is 1. The van der Waals surface area contributed by atoms with E-state index in [-0.39, 0.29) is 4.90 Å². The molecule has 1 aliphatic rings. The highest BCUT2D eigenvalue weighted by Crippen LogP contribution is 2.44. The van der Waals surface area contributed by atoms with E-state index in [1.54, 1.807) is 37.3 Å². The maximum Gasteiger partial charge on any atom is 0.318 e. The standard InChI is InChI=1S/C26H26N2O6S/c1-16-13-14-18(35(31,32)28(3)4)15-21(16)27-25(29)17(2)33-26(30)24-19-9-5-7-11-22(19)34-23-12-8-6-10-20(23)24/h5-15,17,24H,1-4H3,(H,27,29)/t17-/m1/s1. The predicted octanol–water partition coefficient (Wildman–Crippen LogP) is 4.05. The number of sulfonamides is 1. The average molecular weight is 495 g/mol. The van der Waals surface area contributed by atoms with E-state index in [1.807, 2.05) is 24.3 Å². The lowest BCUT2D eigenvalue weighted by Crippen LogP contribution is -2.33. The molecule has 35 heavy (non-hydrogen) atoms. The van der Waals surface area contributed by atoms with E-state index in [2.05, 4.69) is 5.32 Å². The maximum atomic E-state index is 13.3. The molecule has 1 amide bonds. The van der Waals surface area contributed by atoms with Crippen LogP contribution in [0.15, 0.2) is 71.6 Å². The summed E-state index contributed by atoms with van der Waals surface area (Å²) < 4.78 is 37.5. The summed E-state index contributed by atoms with van der Waals surface area (Å²) in [6.45, 7) is 3.22. The van der Waals surface area contributed by atoms with Crippen molar-refractivity contribution < 1.29 is 27.5 Å². The van der Waals surface area contributed by atoms with E-state index in [4.69, 9.17) is 9.47 Å². The average Bonchev–Trinajstić information content (AvgIpc) is 2.83. The number of hydrogen-bond donors (Lipinski definition) is 1. The molecule has 9 heteroatoms. The molecule has 3 aromatic rings. The number of carbonyl (C=O) groups is 2. The number of anilines is 1. The number of benzene rings is 3. The molecule has 4 rings (SSSR count). The lowest BCUT2D eigenvalue weighted by molar-refractivity contribution is -0.153. The van der Waals surface area contributed by atoms with E-state index in [9.17, 15) is 18.0 Å². The maximum absolute atomic E-state index is 13.3.